The van der Waals surface area contributed by atoms with Crippen molar-refractivity contribution in [3.05, 3.63) is 40.2 Å². The first kappa shape index (κ1) is 23.5. The van der Waals surface area contributed by atoms with Crippen molar-refractivity contribution in [1.82, 2.24) is 9.62 Å². The van der Waals surface area contributed by atoms with Crippen molar-refractivity contribution in [2.75, 3.05) is 37.3 Å². The Morgan fingerprint density at radius 2 is 1.90 bits per heavy atom. The van der Waals surface area contributed by atoms with E-state index in [1.807, 2.05) is 0 Å². The molecule has 12 heteroatoms. The molecule has 2 heterocycles. The second-order valence-corrected chi connectivity index (χ2v) is 11.0. The summed E-state index contributed by atoms with van der Waals surface area (Å²) in [5.41, 5.74) is 6.60. The third-order valence-electron chi connectivity index (χ3n) is 4.89. The van der Waals surface area contributed by atoms with Gasteiger partial charge in [-0.15, -0.1) is 11.3 Å². The first-order chi connectivity index (χ1) is 14.6. The first-order valence-corrected chi connectivity index (χ1v) is 12.3. The zero-order valence-electron chi connectivity index (χ0n) is 16.9. The summed E-state index contributed by atoms with van der Waals surface area (Å²) in [5, 5.41) is 6.06. The van der Waals surface area contributed by atoms with Crippen molar-refractivity contribution in [1.29, 1.82) is 0 Å². The molecule has 0 saturated carbocycles. The predicted molar refractivity (Wildman–Crippen MR) is 122 cm³/mol. The molecule has 1 aromatic heterocycles. The molecule has 1 saturated heterocycles. The van der Waals surface area contributed by atoms with Crippen LogP contribution in [-0.2, 0) is 14.8 Å². The molecule has 168 valence electrons. The van der Waals surface area contributed by atoms with E-state index in [-0.39, 0.29) is 15.8 Å². The molecule has 0 radical (unpaired) electrons. The lowest BCUT2D eigenvalue weighted by atomic mass is 10.0. The fourth-order valence-electron chi connectivity index (χ4n) is 3.17. The van der Waals surface area contributed by atoms with Gasteiger partial charge in [0.2, 0.25) is 11.8 Å². The van der Waals surface area contributed by atoms with Gasteiger partial charge >= 0.3 is 0 Å². The Hall–Kier alpha value is -2.18. The van der Waals surface area contributed by atoms with Gasteiger partial charge in [-0.3, -0.25) is 9.59 Å². The van der Waals surface area contributed by atoms with Crippen LogP contribution in [0, 0.1) is 0 Å². The summed E-state index contributed by atoms with van der Waals surface area (Å²) >= 11 is 6.68. The van der Waals surface area contributed by atoms with Crippen LogP contribution in [0.5, 0.6) is 0 Å². The van der Waals surface area contributed by atoms with Crippen LogP contribution in [0.1, 0.15) is 23.2 Å². The van der Waals surface area contributed by atoms with Crippen LogP contribution < -0.4 is 21.1 Å². The Morgan fingerprint density at radius 1 is 1.19 bits per heavy atom. The fourth-order valence-corrected chi connectivity index (χ4v) is 5.68. The van der Waals surface area contributed by atoms with Gasteiger partial charge in [0.15, 0.2) is 0 Å². The molecule has 2 amide bonds. The Labute approximate surface area is 190 Å². The number of halogens is 1. The second-order valence-electron chi connectivity index (χ2n) is 7.28. The maximum atomic E-state index is 12.5. The molecule has 1 aliphatic rings. The highest BCUT2D eigenvalue weighted by atomic mass is 35.5. The van der Waals surface area contributed by atoms with E-state index in [1.165, 1.54) is 18.2 Å². The monoisotopic (exact) mass is 485 g/mol. The smallest absolute Gasteiger partial charge is 0.250 e. The zero-order valence-corrected chi connectivity index (χ0v) is 19.2. The number of thiophene rings is 1. The molecule has 9 nitrogen and oxygen atoms in total. The quantitative estimate of drug-likeness (QED) is 0.451. The number of piperidine rings is 1. The highest BCUT2D eigenvalue weighted by Crippen LogP contribution is 2.27. The molecular formula is C19H24ClN5O4S2. The van der Waals surface area contributed by atoms with Crippen molar-refractivity contribution in [2.24, 2.45) is 5.73 Å². The lowest BCUT2D eigenvalue weighted by Gasteiger charge is -2.30. The van der Waals surface area contributed by atoms with E-state index in [1.54, 1.807) is 12.1 Å². The minimum absolute atomic E-state index is 0.0191. The molecule has 0 aliphatic carbocycles. The van der Waals surface area contributed by atoms with Crippen molar-refractivity contribution < 1.29 is 18.0 Å². The number of sulfonamides is 1. The molecule has 0 unspecified atom stereocenters. The molecular weight excluding hydrogens is 462 g/mol. The number of anilines is 2. The summed E-state index contributed by atoms with van der Waals surface area (Å²) in [7, 11) is -1.79. The molecule has 0 bridgehead atoms. The average Bonchev–Trinajstić information content (AvgIpc) is 3.17. The van der Waals surface area contributed by atoms with Crippen molar-refractivity contribution >= 4 is 56.2 Å². The number of nitrogens with zero attached hydrogens (tertiary/aromatic N) is 1. The van der Waals surface area contributed by atoms with Gasteiger partial charge in [-0.05, 0) is 63.3 Å². The van der Waals surface area contributed by atoms with E-state index in [2.05, 4.69) is 27.3 Å². The number of likely N-dealkylation sites (tertiary alicyclic amines) is 1. The van der Waals surface area contributed by atoms with Gasteiger partial charge in [-0.2, -0.15) is 0 Å². The van der Waals surface area contributed by atoms with E-state index >= 15 is 0 Å². The molecule has 0 spiro atoms. The molecule has 1 aromatic carbocycles. The largest absolute Gasteiger partial charge is 0.381 e. The number of hydrogen-bond acceptors (Lipinski definition) is 7. The third-order valence-corrected chi connectivity index (χ3v) is 8.02. The maximum absolute atomic E-state index is 12.5. The van der Waals surface area contributed by atoms with Gasteiger partial charge in [0.25, 0.3) is 10.0 Å². The standard InChI is InChI=1S/C19H24ClN5O4S2/c1-25-8-6-13(7-9-25)23-14-3-2-12(19(21)27)10-15(14)24-17(26)11-22-31(28,29)18-5-4-16(20)30-18/h2-5,10,13,22-23H,6-9,11H2,1H3,(H2,21,27)(H,24,26). The van der Waals surface area contributed by atoms with E-state index in [9.17, 15) is 18.0 Å². The Balaban J connectivity index is 1.70. The second kappa shape index (κ2) is 9.96. The Kier molecular flexibility index (Phi) is 7.55. The van der Waals surface area contributed by atoms with E-state index < -0.39 is 28.4 Å². The molecule has 3 rings (SSSR count). The summed E-state index contributed by atoms with van der Waals surface area (Å²) in [6.07, 6.45) is 1.87. The number of carbonyl (C=O) groups is 2. The fraction of sp³-hybridized carbons (Fsp3) is 0.368. The number of nitrogens with one attached hydrogen (secondary N) is 3. The van der Waals surface area contributed by atoms with Crippen LogP contribution in [0.25, 0.3) is 0 Å². The Morgan fingerprint density at radius 3 is 2.52 bits per heavy atom. The van der Waals surface area contributed by atoms with Crippen LogP contribution in [0.4, 0.5) is 11.4 Å². The summed E-state index contributed by atoms with van der Waals surface area (Å²) in [6.45, 7) is 1.42. The first-order valence-electron chi connectivity index (χ1n) is 9.58. The molecule has 31 heavy (non-hydrogen) atoms. The lowest BCUT2D eigenvalue weighted by molar-refractivity contribution is -0.115. The van der Waals surface area contributed by atoms with Gasteiger partial charge in [0.1, 0.15) is 4.21 Å². The molecule has 5 N–H and O–H groups in total. The molecule has 2 aromatic rings. The van der Waals surface area contributed by atoms with Crippen LogP contribution in [0.3, 0.4) is 0 Å². The number of primary amides is 1. The van der Waals surface area contributed by atoms with E-state index in [0.717, 1.165) is 37.3 Å². The van der Waals surface area contributed by atoms with Crippen molar-refractivity contribution in [2.45, 2.75) is 23.1 Å². The average molecular weight is 486 g/mol. The highest BCUT2D eigenvalue weighted by Gasteiger charge is 2.20. The van der Waals surface area contributed by atoms with Crippen LogP contribution in [0.15, 0.2) is 34.5 Å². The van der Waals surface area contributed by atoms with Crippen LogP contribution in [0.2, 0.25) is 4.34 Å². The van der Waals surface area contributed by atoms with Gasteiger partial charge < -0.3 is 21.3 Å². The minimum Gasteiger partial charge on any atom is -0.381 e. The van der Waals surface area contributed by atoms with Crippen LogP contribution >= 0.6 is 22.9 Å². The summed E-state index contributed by atoms with van der Waals surface area (Å²) in [4.78, 5) is 26.3. The highest BCUT2D eigenvalue weighted by molar-refractivity contribution is 7.91. The third kappa shape index (κ3) is 6.40. The number of hydrogen-bond donors (Lipinski definition) is 4. The van der Waals surface area contributed by atoms with E-state index in [4.69, 9.17) is 17.3 Å². The number of nitrogens with two attached hydrogens (primary N) is 1. The van der Waals surface area contributed by atoms with Gasteiger partial charge in [-0.1, -0.05) is 11.6 Å². The summed E-state index contributed by atoms with van der Waals surface area (Å²) in [5.74, 6) is -1.21. The Bertz CT molecular complexity index is 1070. The van der Waals surface area contributed by atoms with E-state index in [0.29, 0.717) is 15.7 Å². The molecule has 1 aliphatic heterocycles. The molecule has 1 fully saturated rings. The zero-order chi connectivity index (χ0) is 22.6. The summed E-state index contributed by atoms with van der Waals surface area (Å²) < 4.78 is 27.2. The predicted octanol–water partition coefficient (Wildman–Crippen LogP) is 1.92. The van der Waals surface area contributed by atoms with Gasteiger partial charge in [-0.25, -0.2) is 13.1 Å². The van der Waals surface area contributed by atoms with Crippen molar-refractivity contribution in [3.63, 3.8) is 0 Å². The minimum atomic E-state index is -3.86. The topological polar surface area (TPSA) is 134 Å². The summed E-state index contributed by atoms with van der Waals surface area (Å²) in [6, 6.07) is 7.80. The van der Waals surface area contributed by atoms with Gasteiger partial charge in [0, 0.05) is 11.6 Å². The number of amides is 2. The SMILES string of the molecule is CN1CCC(Nc2ccc(C(N)=O)cc2NC(=O)CNS(=O)(=O)c2ccc(Cl)s2)CC1. The van der Waals surface area contributed by atoms with Gasteiger partial charge in [0.05, 0.1) is 22.3 Å². The maximum Gasteiger partial charge on any atom is 0.250 e. The van der Waals surface area contributed by atoms with Crippen LogP contribution in [-0.4, -0.2) is 57.9 Å². The number of benzene rings is 1. The number of carbonyl (C=O) groups excluding carboxylic acids is 2. The lowest BCUT2D eigenvalue weighted by Crippen LogP contribution is -2.37. The normalized spacial score (nSPS) is 15.5. The number of rotatable bonds is 8. The molecule has 0 atom stereocenters. The van der Waals surface area contributed by atoms with Crippen molar-refractivity contribution in [3.8, 4) is 0 Å².